The minimum absolute atomic E-state index is 0.131. The second-order valence-electron chi connectivity index (χ2n) is 9.40. The number of H-pyrrole nitrogens is 1. The first-order chi connectivity index (χ1) is 18.1. The Morgan fingerprint density at radius 1 is 1.05 bits per heavy atom. The maximum atomic E-state index is 13.1. The Morgan fingerprint density at radius 2 is 1.95 bits per heavy atom. The van der Waals surface area contributed by atoms with Crippen LogP contribution in [0.3, 0.4) is 0 Å². The fourth-order valence-corrected chi connectivity index (χ4v) is 6.34. The van der Waals surface area contributed by atoms with Crippen molar-refractivity contribution in [2.45, 2.75) is 39.0 Å². The van der Waals surface area contributed by atoms with Gasteiger partial charge in [0, 0.05) is 44.2 Å². The molecule has 2 aliphatic rings. The number of aryl methyl sites for hydroxylation is 1. The third-order valence-electron chi connectivity index (χ3n) is 6.98. The minimum Gasteiger partial charge on any atom is -0.358 e. The number of thiophene rings is 1. The molecule has 6 nitrogen and oxygen atoms in total. The third-order valence-corrected chi connectivity index (χ3v) is 8.15. The summed E-state index contributed by atoms with van der Waals surface area (Å²) in [4.78, 5) is 40.8. The molecule has 0 fully saturated rings. The van der Waals surface area contributed by atoms with Crippen molar-refractivity contribution in [3.05, 3.63) is 76.6 Å². The number of aromatic nitrogens is 1. The van der Waals surface area contributed by atoms with Gasteiger partial charge in [-0.25, -0.2) is 9.78 Å². The number of aromatic amines is 1. The van der Waals surface area contributed by atoms with Crippen LogP contribution in [0.2, 0.25) is 0 Å². The molecule has 0 atom stereocenters. The zero-order valence-electron chi connectivity index (χ0n) is 20.7. The third kappa shape index (κ3) is 4.55. The topological polar surface area (TPSA) is 80.4 Å². The fraction of sp³-hybridized carbons (Fsp3) is 0.267. The lowest BCUT2D eigenvalue weighted by molar-refractivity contribution is -0.291. The molecule has 1 aliphatic carbocycles. The van der Waals surface area contributed by atoms with Crippen molar-refractivity contribution in [2.75, 3.05) is 18.5 Å². The lowest BCUT2D eigenvalue weighted by Crippen LogP contribution is -2.11. The van der Waals surface area contributed by atoms with Gasteiger partial charge in [0.25, 0.3) is 5.91 Å². The highest BCUT2D eigenvalue weighted by atomic mass is 32.1. The molecular formula is C30H28N2O4S. The zero-order valence-corrected chi connectivity index (χ0v) is 21.5. The summed E-state index contributed by atoms with van der Waals surface area (Å²) in [6, 6.07) is 16.7. The van der Waals surface area contributed by atoms with Gasteiger partial charge in [-0.05, 0) is 79.5 Å². The lowest BCUT2D eigenvalue weighted by Gasteiger charge is -2.11. The predicted molar refractivity (Wildman–Crippen MR) is 148 cm³/mol. The summed E-state index contributed by atoms with van der Waals surface area (Å²) >= 11 is 1.75. The smallest absolute Gasteiger partial charge is 0.256 e. The SMILES string of the molecule is CCOOCCCc1c(/C=C2\C(=O)Nc3ccc(-c4cc5ccccc5s4)cc32)[nH]c2c1C(=O)CCC2. The molecule has 6 rings (SSSR count). The number of amides is 1. The molecule has 2 N–H and O–H groups in total. The molecule has 1 aliphatic heterocycles. The van der Waals surface area contributed by atoms with Gasteiger partial charge in [-0.3, -0.25) is 9.59 Å². The highest BCUT2D eigenvalue weighted by Crippen LogP contribution is 2.40. The Balaban J connectivity index is 1.38. The Labute approximate surface area is 219 Å². The van der Waals surface area contributed by atoms with Crippen LogP contribution in [0.4, 0.5) is 5.69 Å². The number of ketones is 1. The van der Waals surface area contributed by atoms with Crippen molar-refractivity contribution in [3.8, 4) is 10.4 Å². The van der Waals surface area contributed by atoms with E-state index in [1.165, 1.54) is 15.0 Å². The van der Waals surface area contributed by atoms with E-state index in [9.17, 15) is 9.59 Å². The summed E-state index contributed by atoms with van der Waals surface area (Å²) in [5.41, 5.74) is 6.95. The van der Waals surface area contributed by atoms with Gasteiger partial charge >= 0.3 is 0 Å². The Bertz CT molecular complexity index is 1510. The molecule has 0 spiro atoms. The Kier molecular flexibility index (Phi) is 6.50. The second-order valence-corrected chi connectivity index (χ2v) is 10.5. The van der Waals surface area contributed by atoms with Crippen LogP contribution in [0.15, 0.2) is 48.5 Å². The monoisotopic (exact) mass is 512 g/mol. The van der Waals surface area contributed by atoms with Crippen LogP contribution in [0.5, 0.6) is 0 Å². The van der Waals surface area contributed by atoms with Gasteiger partial charge < -0.3 is 10.3 Å². The number of hydrogen-bond donors (Lipinski definition) is 2. The summed E-state index contributed by atoms with van der Waals surface area (Å²) in [7, 11) is 0. The number of Topliss-reactive ketones (excluding diaryl/α,β-unsaturated/α-hetero) is 1. The van der Waals surface area contributed by atoms with E-state index >= 15 is 0 Å². The summed E-state index contributed by atoms with van der Waals surface area (Å²) in [6.07, 6.45) is 5.54. The molecular weight excluding hydrogens is 484 g/mol. The van der Waals surface area contributed by atoms with Gasteiger partial charge in [0.2, 0.25) is 0 Å². The summed E-state index contributed by atoms with van der Waals surface area (Å²) in [5, 5.41) is 4.22. The number of anilines is 1. The van der Waals surface area contributed by atoms with E-state index in [0.717, 1.165) is 52.2 Å². The zero-order chi connectivity index (χ0) is 25.4. The van der Waals surface area contributed by atoms with Gasteiger partial charge in [-0.15, -0.1) is 11.3 Å². The molecule has 2 aromatic carbocycles. The fourth-order valence-electron chi connectivity index (χ4n) is 5.28. The largest absolute Gasteiger partial charge is 0.358 e. The van der Waals surface area contributed by atoms with Gasteiger partial charge in [0.1, 0.15) is 0 Å². The maximum absolute atomic E-state index is 13.1. The summed E-state index contributed by atoms with van der Waals surface area (Å²) < 4.78 is 1.24. The number of hydrogen-bond acceptors (Lipinski definition) is 5. The summed E-state index contributed by atoms with van der Waals surface area (Å²) in [5.74, 6) is 0.0409. The molecule has 4 aromatic rings. The molecule has 0 radical (unpaired) electrons. The predicted octanol–water partition coefficient (Wildman–Crippen LogP) is 6.81. The van der Waals surface area contributed by atoms with Gasteiger partial charge in [0.05, 0.1) is 18.8 Å². The molecule has 7 heteroatoms. The quantitative estimate of drug-likeness (QED) is 0.118. The number of carbonyl (C=O) groups is 2. The average molecular weight is 513 g/mol. The van der Waals surface area contributed by atoms with Crippen molar-refractivity contribution in [1.82, 2.24) is 4.98 Å². The lowest BCUT2D eigenvalue weighted by atomic mass is 9.91. The maximum Gasteiger partial charge on any atom is 0.256 e. The van der Waals surface area contributed by atoms with Crippen LogP contribution in [-0.2, 0) is 27.4 Å². The molecule has 0 unspecified atom stereocenters. The van der Waals surface area contributed by atoms with Gasteiger partial charge in [-0.1, -0.05) is 24.3 Å². The van der Waals surface area contributed by atoms with Crippen LogP contribution in [0.25, 0.3) is 32.2 Å². The van der Waals surface area contributed by atoms with Gasteiger partial charge in [0.15, 0.2) is 5.78 Å². The van der Waals surface area contributed by atoms with Crippen molar-refractivity contribution < 1.29 is 19.4 Å². The van der Waals surface area contributed by atoms with Crippen LogP contribution >= 0.6 is 11.3 Å². The number of nitrogens with one attached hydrogen (secondary N) is 2. The van der Waals surface area contributed by atoms with Crippen molar-refractivity contribution in [1.29, 1.82) is 0 Å². The van der Waals surface area contributed by atoms with Crippen LogP contribution in [0.1, 0.15) is 59.1 Å². The summed E-state index contributed by atoms with van der Waals surface area (Å²) in [6.45, 7) is 2.81. The van der Waals surface area contributed by atoms with Crippen LogP contribution < -0.4 is 5.32 Å². The normalized spacial score (nSPS) is 15.9. The van der Waals surface area contributed by atoms with E-state index in [2.05, 4.69) is 46.7 Å². The molecule has 3 heterocycles. The van der Waals surface area contributed by atoms with Crippen molar-refractivity contribution >= 4 is 50.4 Å². The molecule has 0 saturated carbocycles. The molecule has 188 valence electrons. The molecule has 0 saturated heterocycles. The number of fused-ring (bicyclic) bond motifs is 3. The van der Waals surface area contributed by atoms with Crippen molar-refractivity contribution in [3.63, 3.8) is 0 Å². The Hall–Kier alpha value is -3.52. The van der Waals surface area contributed by atoms with E-state index in [-0.39, 0.29) is 11.7 Å². The average Bonchev–Trinajstić information content (AvgIpc) is 3.58. The van der Waals surface area contributed by atoms with Crippen LogP contribution in [-0.4, -0.2) is 29.9 Å². The molecule has 1 amide bonds. The van der Waals surface area contributed by atoms with Crippen LogP contribution in [0, 0.1) is 0 Å². The minimum atomic E-state index is -0.131. The first-order valence-electron chi connectivity index (χ1n) is 12.8. The highest BCUT2D eigenvalue weighted by Gasteiger charge is 2.28. The van der Waals surface area contributed by atoms with Crippen molar-refractivity contribution in [2.24, 2.45) is 0 Å². The number of carbonyl (C=O) groups excluding carboxylic acids is 2. The second kappa shape index (κ2) is 10.1. The number of rotatable bonds is 8. The van der Waals surface area contributed by atoms with E-state index in [1.807, 2.05) is 25.1 Å². The van der Waals surface area contributed by atoms with Gasteiger partial charge in [-0.2, -0.15) is 0 Å². The van der Waals surface area contributed by atoms with E-state index in [1.54, 1.807) is 11.3 Å². The first-order valence-corrected chi connectivity index (χ1v) is 13.6. The van der Waals surface area contributed by atoms with E-state index in [4.69, 9.17) is 9.78 Å². The Morgan fingerprint density at radius 3 is 2.81 bits per heavy atom. The molecule has 0 bridgehead atoms. The van der Waals surface area contributed by atoms with E-state index < -0.39 is 0 Å². The first kappa shape index (κ1) is 23.9. The molecule has 2 aromatic heterocycles. The number of benzene rings is 2. The van der Waals surface area contributed by atoms with E-state index in [0.29, 0.717) is 38.0 Å². The highest BCUT2D eigenvalue weighted by molar-refractivity contribution is 7.22. The standard InChI is InChI=1S/C30H28N2O4S/c1-2-35-36-14-6-8-20-25(31-24-9-5-10-26(33)29(20)24)17-22-21-15-19(12-13-23(21)32-30(22)34)28-16-18-7-3-4-11-27(18)37-28/h3-4,7,11-13,15-17,31H,2,5-6,8-10,14H2,1H3,(H,32,34)/b22-17-. The molecule has 37 heavy (non-hydrogen) atoms.